The summed E-state index contributed by atoms with van der Waals surface area (Å²) in [7, 11) is 0. The maximum absolute atomic E-state index is 5.83. The SMILES string of the molecule is CSc1nnc(Sc2ccc(CC(C)N)c(Br)c2)s1. The first kappa shape index (κ1) is 15.3. The van der Waals surface area contributed by atoms with Gasteiger partial charge in [0.1, 0.15) is 0 Å². The molecule has 1 aromatic heterocycles. The van der Waals surface area contributed by atoms with Crippen molar-refractivity contribution < 1.29 is 0 Å². The Morgan fingerprint density at radius 2 is 2.11 bits per heavy atom. The van der Waals surface area contributed by atoms with Gasteiger partial charge in [-0.1, -0.05) is 56.9 Å². The Hall–Kier alpha value is -0.0800. The van der Waals surface area contributed by atoms with Crippen LogP contribution < -0.4 is 5.73 Å². The molecule has 7 heteroatoms. The lowest BCUT2D eigenvalue weighted by Gasteiger charge is -2.08. The molecule has 0 amide bonds. The third kappa shape index (κ3) is 4.46. The first-order valence-corrected chi connectivity index (χ1v) is 9.33. The van der Waals surface area contributed by atoms with E-state index in [1.54, 1.807) is 34.9 Å². The van der Waals surface area contributed by atoms with Crippen molar-refractivity contribution in [2.24, 2.45) is 5.73 Å². The summed E-state index contributed by atoms with van der Waals surface area (Å²) >= 11 is 8.48. The smallest absolute Gasteiger partial charge is 0.179 e. The molecule has 0 saturated heterocycles. The highest BCUT2D eigenvalue weighted by Crippen LogP contribution is 2.34. The minimum Gasteiger partial charge on any atom is -0.328 e. The van der Waals surface area contributed by atoms with Gasteiger partial charge in [0.05, 0.1) is 0 Å². The Labute approximate surface area is 133 Å². The van der Waals surface area contributed by atoms with Gasteiger partial charge in [-0.05, 0) is 37.3 Å². The van der Waals surface area contributed by atoms with Crippen molar-refractivity contribution in [1.29, 1.82) is 0 Å². The van der Waals surface area contributed by atoms with Gasteiger partial charge in [0, 0.05) is 15.4 Å². The van der Waals surface area contributed by atoms with Crippen LogP contribution in [0, 0.1) is 0 Å². The normalized spacial score (nSPS) is 12.6. The summed E-state index contributed by atoms with van der Waals surface area (Å²) in [6.07, 6.45) is 2.88. The van der Waals surface area contributed by atoms with E-state index >= 15 is 0 Å². The first-order chi connectivity index (χ1) is 9.08. The van der Waals surface area contributed by atoms with E-state index in [1.807, 2.05) is 13.2 Å². The number of benzene rings is 1. The monoisotopic (exact) mass is 375 g/mol. The fraction of sp³-hybridized carbons (Fsp3) is 0.333. The number of aromatic nitrogens is 2. The van der Waals surface area contributed by atoms with Gasteiger partial charge in [-0.2, -0.15) is 0 Å². The summed E-state index contributed by atoms with van der Waals surface area (Å²) < 4.78 is 3.07. The third-order valence-corrected chi connectivity index (χ3v) is 6.01. The molecule has 0 saturated carbocycles. The van der Waals surface area contributed by atoms with Crippen molar-refractivity contribution in [2.45, 2.75) is 33.0 Å². The predicted molar refractivity (Wildman–Crippen MR) is 87.3 cm³/mol. The van der Waals surface area contributed by atoms with E-state index in [0.29, 0.717) is 0 Å². The van der Waals surface area contributed by atoms with Crippen LogP contribution in [0.4, 0.5) is 0 Å². The van der Waals surface area contributed by atoms with E-state index < -0.39 is 0 Å². The summed E-state index contributed by atoms with van der Waals surface area (Å²) in [6, 6.07) is 6.50. The second-order valence-corrected chi connectivity index (χ2v) is 8.28. The predicted octanol–water partition coefficient (Wildman–Crippen LogP) is 4.06. The number of halogens is 1. The Morgan fingerprint density at radius 1 is 1.37 bits per heavy atom. The van der Waals surface area contributed by atoms with Gasteiger partial charge in [-0.25, -0.2) is 0 Å². The lowest BCUT2D eigenvalue weighted by molar-refractivity contribution is 0.735. The number of nitrogens with zero attached hydrogens (tertiary/aromatic N) is 2. The average molecular weight is 376 g/mol. The maximum atomic E-state index is 5.83. The first-order valence-electron chi connectivity index (χ1n) is 5.68. The Balaban J connectivity index is 2.11. The van der Waals surface area contributed by atoms with E-state index in [2.05, 4.69) is 44.3 Å². The zero-order valence-electron chi connectivity index (χ0n) is 10.6. The largest absolute Gasteiger partial charge is 0.328 e. The molecular weight excluding hydrogens is 362 g/mol. The number of thioether (sulfide) groups is 1. The number of rotatable bonds is 5. The van der Waals surface area contributed by atoms with Crippen molar-refractivity contribution in [3.8, 4) is 0 Å². The molecule has 0 bridgehead atoms. The van der Waals surface area contributed by atoms with Crippen LogP contribution in [0.3, 0.4) is 0 Å². The van der Waals surface area contributed by atoms with Gasteiger partial charge >= 0.3 is 0 Å². The summed E-state index contributed by atoms with van der Waals surface area (Å²) in [5.41, 5.74) is 7.07. The standard InChI is InChI=1S/C12H14BrN3S3/c1-7(14)5-8-3-4-9(6-10(8)13)18-12-16-15-11(17-2)19-12/h3-4,6-7H,5,14H2,1-2H3. The Bertz CT molecular complexity index is 557. The van der Waals surface area contributed by atoms with Gasteiger partial charge in [0.15, 0.2) is 8.68 Å². The van der Waals surface area contributed by atoms with E-state index in [1.165, 1.54) is 5.56 Å². The molecule has 0 aliphatic heterocycles. The molecule has 0 aliphatic rings. The summed E-state index contributed by atoms with van der Waals surface area (Å²) in [6.45, 7) is 2.01. The molecule has 2 rings (SSSR count). The van der Waals surface area contributed by atoms with Crippen molar-refractivity contribution in [2.75, 3.05) is 6.26 Å². The van der Waals surface area contributed by atoms with Crippen LogP contribution in [0.15, 0.2) is 36.2 Å². The molecule has 1 aromatic carbocycles. The van der Waals surface area contributed by atoms with Crippen molar-refractivity contribution >= 4 is 50.8 Å². The van der Waals surface area contributed by atoms with E-state index in [4.69, 9.17) is 5.73 Å². The van der Waals surface area contributed by atoms with Crippen molar-refractivity contribution in [1.82, 2.24) is 10.2 Å². The lowest BCUT2D eigenvalue weighted by atomic mass is 10.1. The molecule has 0 radical (unpaired) electrons. The maximum Gasteiger partial charge on any atom is 0.179 e. The van der Waals surface area contributed by atoms with Crippen LogP contribution in [-0.4, -0.2) is 22.5 Å². The highest BCUT2D eigenvalue weighted by molar-refractivity contribution is 9.10. The lowest BCUT2D eigenvalue weighted by Crippen LogP contribution is -2.17. The van der Waals surface area contributed by atoms with Crippen LogP contribution in [0.2, 0.25) is 0 Å². The van der Waals surface area contributed by atoms with Gasteiger partial charge in [-0.15, -0.1) is 10.2 Å². The fourth-order valence-electron chi connectivity index (χ4n) is 1.53. The molecule has 0 spiro atoms. The van der Waals surface area contributed by atoms with Crippen LogP contribution in [0.25, 0.3) is 0 Å². The van der Waals surface area contributed by atoms with Gasteiger partial charge in [0.25, 0.3) is 0 Å². The highest BCUT2D eigenvalue weighted by Gasteiger charge is 2.08. The zero-order chi connectivity index (χ0) is 13.8. The van der Waals surface area contributed by atoms with Crippen molar-refractivity contribution in [3.05, 3.63) is 28.2 Å². The molecule has 102 valence electrons. The molecule has 2 N–H and O–H groups in total. The molecule has 0 fully saturated rings. The van der Waals surface area contributed by atoms with Crippen LogP contribution >= 0.6 is 50.8 Å². The molecule has 1 unspecified atom stereocenters. The highest BCUT2D eigenvalue weighted by atomic mass is 79.9. The number of hydrogen-bond acceptors (Lipinski definition) is 6. The van der Waals surface area contributed by atoms with E-state index in [9.17, 15) is 0 Å². The summed E-state index contributed by atoms with van der Waals surface area (Å²) in [5.74, 6) is 0. The molecule has 1 atom stereocenters. The second-order valence-electron chi connectivity index (χ2n) is 4.07. The van der Waals surface area contributed by atoms with Gasteiger partial charge < -0.3 is 5.73 Å². The molecule has 3 nitrogen and oxygen atoms in total. The van der Waals surface area contributed by atoms with Crippen LogP contribution in [-0.2, 0) is 6.42 Å². The third-order valence-electron chi connectivity index (χ3n) is 2.33. The van der Waals surface area contributed by atoms with Gasteiger partial charge in [-0.3, -0.25) is 0 Å². The minimum absolute atomic E-state index is 0.169. The van der Waals surface area contributed by atoms with Crippen LogP contribution in [0.1, 0.15) is 12.5 Å². The topological polar surface area (TPSA) is 51.8 Å². The zero-order valence-corrected chi connectivity index (χ0v) is 14.6. The van der Waals surface area contributed by atoms with Gasteiger partial charge in [0.2, 0.25) is 0 Å². The Kier molecular flexibility index (Phi) is 5.70. The fourth-order valence-corrected chi connectivity index (χ4v) is 4.67. The molecule has 2 aromatic rings. The quantitative estimate of drug-likeness (QED) is 0.798. The molecule has 1 heterocycles. The summed E-state index contributed by atoms with van der Waals surface area (Å²) in [5, 5.41) is 8.25. The van der Waals surface area contributed by atoms with Crippen molar-refractivity contribution in [3.63, 3.8) is 0 Å². The number of hydrogen-bond donors (Lipinski definition) is 1. The molecular formula is C12H14BrN3S3. The minimum atomic E-state index is 0.169. The second kappa shape index (κ2) is 7.08. The van der Waals surface area contributed by atoms with Crippen LogP contribution in [0.5, 0.6) is 0 Å². The molecule has 0 aliphatic carbocycles. The average Bonchev–Trinajstić information content (AvgIpc) is 2.80. The summed E-state index contributed by atoms with van der Waals surface area (Å²) in [4.78, 5) is 1.16. The van der Waals surface area contributed by atoms with E-state index in [0.717, 1.165) is 24.5 Å². The Morgan fingerprint density at radius 3 is 2.68 bits per heavy atom. The molecule has 19 heavy (non-hydrogen) atoms. The number of nitrogens with two attached hydrogens (primary N) is 1. The van der Waals surface area contributed by atoms with E-state index in [-0.39, 0.29) is 6.04 Å².